The zero-order chi connectivity index (χ0) is 23.3. The monoisotopic (exact) mass is 450 g/mol. The van der Waals surface area contributed by atoms with Crippen molar-refractivity contribution in [1.82, 2.24) is 0 Å². The quantitative estimate of drug-likeness (QED) is 0.430. The molecule has 0 aromatic heterocycles. The van der Waals surface area contributed by atoms with Crippen LogP contribution in [-0.2, 0) is 9.59 Å². The number of esters is 2. The lowest BCUT2D eigenvalue weighted by Gasteiger charge is -2.22. The first-order valence-corrected chi connectivity index (χ1v) is 10.1. The van der Waals surface area contributed by atoms with Gasteiger partial charge >= 0.3 is 11.9 Å². The first kappa shape index (κ1) is 24.2. The summed E-state index contributed by atoms with van der Waals surface area (Å²) in [5.74, 6) is 0.430. The van der Waals surface area contributed by atoms with Crippen LogP contribution in [0.3, 0.4) is 0 Å². The molecule has 0 fully saturated rings. The van der Waals surface area contributed by atoms with Gasteiger partial charge in [-0.2, -0.15) is 0 Å². The third-order valence-corrected chi connectivity index (χ3v) is 5.71. The van der Waals surface area contributed by atoms with Gasteiger partial charge in [-0.3, -0.25) is 9.59 Å². The molecule has 0 radical (unpaired) electrons. The Labute approximate surface area is 185 Å². The summed E-state index contributed by atoms with van der Waals surface area (Å²) in [5.41, 5.74) is 1.46. The molecule has 0 N–H and O–H groups in total. The Balaban J connectivity index is 2.85. The van der Waals surface area contributed by atoms with Crippen molar-refractivity contribution in [1.29, 1.82) is 0 Å². The summed E-state index contributed by atoms with van der Waals surface area (Å²) in [4.78, 5) is 24.9. The predicted octanol–water partition coefficient (Wildman–Crippen LogP) is 4.34. The van der Waals surface area contributed by atoms with Gasteiger partial charge in [0.25, 0.3) is 0 Å². The second-order valence-corrected chi connectivity index (χ2v) is 7.44. The molecule has 168 valence electrons. The number of carbonyl (C=O) groups excluding carboxylic acids is 2. The fourth-order valence-corrected chi connectivity index (χ4v) is 4.20. The normalized spacial score (nSPS) is 10.3. The van der Waals surface area contributed by atoms with Crippen LogP contribution in [0.5, 0.6) is 34.5 Å². The minimum Gasteiger partial charge on any atom is -0.493 e. The smallest absolute Gasteiger partial charge is 0.308 e. The van der Waals surface area contributed by atoms with Crippen LogP contribution in [0.4, 0.5) is 0 Å². The second kappa shape index (κ2) is 10.3. The van der Waals surface area contributed by atoms with Gasteiger partial charge in [0.15, 0.2) is 23.0 Å². The van der Waals surface area contributed by atoms with Crippen molar-refractivity contribution in [3.05, 3.63) is 23.3 Å². The molecule has 0 aliphatic heterocycles. The number of hydrogen-bond acceptors (Lipinski definition) is 9. The van der Waals surface area contributed by atoms with Crippen LogP contribution in [0.15, 0.2) is 21.9 Å². The van der Waals surface area contributed by atoms with Crippen molar-refractivity contribution >= 4 is 23.7 Å². The first-order valence-electron chi connectivity index (χ1n) is 9.24. The molecule has 2 rings (SSSR count). The van der Waals surface area contributed by atoms with E-state index in [0.29, 0.717) is 27.7 Å². The predicted molar refractivity (Wildman–Crippen MR) is 115 cm³/mol. The van der Waals surface area contributed by atoms with Crippen molar-refractivity contribution in [3.63, 3.8) is 0 Å². The van der Waals surface area contributed by atoms with E-state index in [9.17, 15) is 9.59 Å². The lowest BCUT2D eigenvalue weighted by molar-refractivity contribution is -0.134. The van der Waals surface area contributed by atoms with Crippen molar-refractivity contribution in [2.24, 2.45) is 0 Å². The summed E-state index contributed by atoms with van der Waals surface area (Å²) in [7, 11) is 5.99. The van der Waals surface area contributed by atoms with E-state index in [0.717, 1.165) is 10.5 Å². The minimum absolute atomic E-state index is 0.0294. The Kier molecular flexibility index (Phi) is 8.04. The highest BCUT2D eigenvalue weighted by Crippen LogP contribution is 2.56. The van der Waals surface area contributed by atoms with Crippen molar-refractivity contribution in [3.8, 4) is 34.5 Å². The van der Waals surface area contributed by atoms with Crippen LogP contribution < -0.4 is 28.4 Å². The number of hydrogen-bond donors (Lipinski definition) is 0. The van der Waals surface area contributed by atoms with E-state index in [1.165, 1.54) is 39.8 Å². The number of carbonyl (C=O) groups is 2. The molecular formula is C22H26O8S. The topological polar surface area (TPSA) is 89.5 Å². The average Bonchev–Trinajstić information content (AvgIpc) is 2.72. The summed E-state index contributed by atoms with van der Waals surface area (Å²) in [6, 6.07) is 3.72. The third kappa shape index (κ3) is 4.99. The summed E-state index contributed by atoms with van der Waals surface area (Å²) >= 11 is 1.33. The maximum atomic E-state index is 11.8. The molecule has 0 saturated carbocycles. The maximum absolute atomic E-state index is 11.8. The van der Waals surface area contributed by atoms with Crippen LogP contribution in [-0.4, -0.2) is 40.4 Å². The fraction of sp³-hybridized carbons (Fsp3) is 0.364. The highest BCUT2D eigenvalue weighted by molar-refractivity contribution is 7.99. The van der Waals surface area contributed by atoms with E-state index in [2.05, 4.69) is 0 Å². The third-order valence-electron chi connectivity index (χ3n) is 4.31. The lowest BCUT2D eigenvalue weighted by Crippen LogP contribution is -2.11. The molecule has 0 aliphatic rings. The molecule has 31 heavy (non-hydrogen) atoms. The van der Waals surface area contributed by atoms with Gasteiger partial charge in [-0.25, -0.2) is 0 Å². The highest BCUT2D eigenvalue weighted by Gasteiger charge is 2.30. The van der Waals surface area contributed by atoms with E-state index in [1.807, 2.05) is 19.1 Å². The van der Waals surface area contributed by atoms with E-state index in [-0.39, 0.29) is 17.2 Å². The van der Waals surface area contributed by atoms with Gasteiger partial charge in [0.1, 0.15) is 0 Å². The van der Waals surface area contributed by atoms with Crippen molar-refractivity contribution in [2.45, 2.75) is 37.5 Å². The summed E-state index contributed by atoms with van der Waals surface area (Å²) in [5, 5.41) is 0. The Hall–Kier alpha value is -3.07. The maximum Gasteiger partial charge on any atom is 0.308 e. The average molecular weight is 451 g/mol. The number of aryl methyl sites for hydroxylation is 1. The van der Waals surface area contributed by atoms with Gasteiger partial charge < -0.3 is 28.4 Å². The van der Waals surface area contributed by atoms with Gasteiger partial charge in [-0.05, 0) is 25.5 Å². The number of methoxy groups -OCH3 is 4. The largest absolute Gasteiger partial charge is 0.493 e. The molecule has 0 aliphatic carbocycles. The molecule has 0 saturated heterocycles. The lowest BCUT2D eigenvalue weighted by atomic mass is 10.1. The minimum atomic E-state index is -0.598. The zero-order valence-corrected chi connectivity index (χ0v) is 19.6. The van der Waals surface area contributed by atoms with Gasteiger partial charge in [0, 0.05) is 19.4 Å². The van der Waals surface area contributed by atoms with Gasteiger partial charge in [-0.1, -0.05) is 17.8 Å². The number of ether oxygens (including phenoxy) is 6. The zero-order valence-electron chi connectivity index (χ0n) is 18.8. The molecule has 0 heterocycles. The molecule has 9 heteroatoms. The molecule has 2 aromatic rings. The van der Waals surface area contributed by atoms with Crippen LogP contribution in [0.2, 0.25) is 0 Å². The van der Waals surface area contributed by atoms with Crippen molar-refractivity contribution in [2.75, 3.05) is 28.4 Å². The number of benzene rings is 2. The van der Waals surface area contributed by atoms with E-state index in [1.54, 1.807) is 21.1 Å². The molecule has 2 aromatic carbocycles. The molecule has 0 atom stereocenters. The molecule has 0 bridgehead atoms. The van der Waals surface area contributed by atoms with Gasteiger partial charge in [0.2, 0.25) is 11.5 Å². The molecule has 0 unspecified atom stereocenters. The van der Waals surface area contributed by atoms with Crippen LogP contribution in [0.1, 0.15) is 25.0 Å². The molecule has 0 amide bonds. The highest BCUT2D eigenvalue weighted by atomic mass is 32.2. The van der Waals surface area contributed by atoms with E-state index >= 15 is 0 Å². The summed E-state index contributed by atoms with van der Waals surface area (Å²) in [6.45, 7) is 6.17. The van der Waals surface area contributed by atoms with Crippen molar-refractivity contribution < 1.29 is 38.0 Å². The summed E-state index contributed by atoms with van der Waals surface area (Å²) < 4.78 is 32.9. The Morgan fingerprint density at radius 2 is 1.23 bits per heavy atom. The molecular weight excluding hydrogens is 424 g/mol. The molecule has 0 spiro atoms. The van der Waals surface area contributed by atoms with Gasteiger partial charge in [-0.15, -0.1) is 0 Å². The standard InChI is InChI=1S/C22H26O8S/c1-11-9-10-15(25-5)17(26-6)21(11)31-22-12(2)16(29-13(3)23)19(30-14(4)24)18(27-7)20(22)28-8/h9-10H,1-8H3. The van der Waals surface area contributed by atoms with Crippen LogP contribution in [0.25, 0.3) is 0 Å². The first-order chi connectivity index (χ1) is 14.7. The van der Waals surface area contributed by atoms with Crippen LogP contribution in [0, 0.1) is 13.8 Å². The van der Waals surface area contributed by atoms with Crippen LogP contribution >= 0.6 is 11.8 Å². The Morgan fingerprint density at radius 1 is 0.677 bits per heavy atom. The molecule has 8 nitrogen and oxygen atoms in total. The SMILES string of the molecule is COc1ccc(C)c(Sc2c(C)c(OC(C)=O)c(OC(C)=O)c(OC)c2OC)c1OC. The van der Waals surface area contributed by atoms with E-state index in [4.69, 9.17) is 28.4 Å². The second-order valence-electron chi connectivity index (χ2n) is 6.42. The summed E-state index contributed by atoms with van der Waals surface area (Å²) in [6.07, 6.45) is 0. The Morgan fingerprint density at radius 3 is 1.71 bits per heavy atom. The fourth-order valence-electron chi connectivity index (χ4n) is 2.98. The Bertz CT molecular complexity index is 1000. The number of rotatable bonds is 8. The van der Waals surface area contributed by atoms with E-state index < -0.39 is 11.9 Å². The van der Waals surface area contributed by atoms with Gasteiger partial charge in [0.05, 0.1) is 38.2 Å².